The standard InChI is InChI=1S/C22H20N4O5/c1-14(24-20(28)13-30-15-7-3-2-4-8-15)22(29)31-12-19(27)16(11-23)21-25-17-9-5-6-10-18(17)26-21/h2-10,14,27H,12-13H2,1H3,(H,24,28)(H,25,26)/t14-/m0/s1. The molecule has 0 saturated heterocycles. The van der Waals surface area contributed by atoms with E-state index in [-0.39, 0.29) is 18.0 Å². The summed E-state index contributed by atoms with van der Waals surface area (Å²) in [6, 6.07) is 16.8. The van der Waals surface area contributed by atoms with Crippen LogP contribution in [0, 0.1) is 11.3 Å². The fraction of sp³-hybridized carbons (Fsp3) is 0.182. The molecule has 1 atom stereocenters. The van der Waals surface area contributed by atoms with Crippen molar-refractivity contribution in [3.63, 3.8) is 0 Å². The fourth-order valence-electron chi connectivity index (χ4n) is 2.67. The second-order valence-corrected chi connectivity index (χ2v) is 6.53. The minimum absolute atomic E-state index is 0.142. The van der Waals surface area contributed by atoms with Crippen LogP contribution in [0.1, 0.15) is 12.7 Å². The molecule has 3 aromatic rings. The number of carbonyl (C=O) groups is 2. The van der Waals surface area contributed by atoms with Gasteiger partial charge >= 0.3 is 5.97 Å². The zero-order chi connectivity index (χ0) is 22.2. The number of hydrogen-bond acceptors (Lipinski definition) is 7. The number of imidazole rings is 1. The highest BCUT2D eigenvalue weighted by Crippen LogP contribution is 2.18. The number of allylic oxidation sites excluding steroid dienone is 1. The van der Waals surface area contributed by atoms with Crippen LogP contribution in [0.15, 0.2) is 60.4 Å². The SMILES string of the molecule is C[C@H](NC(=O)COc1ccccc1)C(=O)OCC(O)=C(C#N)c1nc2ccccc2[nH]1. The molecule has 1 amide bonds. The highest BCUT2D eigenvalue weighted by atomic mass is 16.5. The van der Waals surface area contributed by atoms with Crippen molar-refractivity contribution in [2.75, 3.05) is 13.2 Å². The molecule has 0 spiro atoms. The Morgan fingerprint density at radius 3 is 2.58 bits per heavy atom. The number of fused-ring (bicyclic) bond motifs is 1. The first kappa shape index (κ1) is 21.4. The molecule has 0 aliphatic rings. The van der Waals surface area contributed by atoms with Crippen molar-refractivity contribution in [1.29, 1.82) is 5.26 Å². The molecule has 0 aliphatic carbocycles. The van der Waals surface area contributed by atoms with Crippen molar-refractivity contribution in [1.82, 2.24) is 15.3 Å². The van der Waals surface area contributed by atoms with Gasteiger partial charge in [-0.15, -0.1) is 0 Å². The number of H-pyrrole nitrogens is 1. The van der Waals surface area contributed by atoms with Crippen molar-refractivity contribution < 1.29 is 24.2 Å². The van der Waals surface area contributed by atoms with Crippen molar-refractivity contribution >= 4 is 28.5 Å². The number of aromatic nitrogens is 2. The zero-order valence-electron chi connectivity index (χ0n) is 16.7. The summed E-state index contributed by atoms with van der Waals surface area (Å²) in [5, 5.41) is 22.1. The van der Waals surface area contributed by atoms with Gasteiger partial charge in [-0.2, -0.15) is 5.26 Å². The highest BCUT2D eigenvalue weighted by molar-refractivity contribution is 5.85. The molecule has 0 radical (unpaired) electrons. The van der Waals surface area contributed by atoms with E-state index < -0.39 is 30.3 Å². The number of benzene rings is 2. The fourth-order valence-corrected chi connectivity index (χ4v) is 2.67. The van der Waals surface area contributed by atoms with Crippen LogP contribution >= 0.6 is 0 Å². The number of nitrogens with one attached hydrogen (secondary N) is 2. The van der Waals surface area contributed by atoms with Crippen molar-refractivity contribution in [3.8, 4) is 11.8 Å². The van der Waals surface area contributed by atoms with E-state index in [1.807, 2.05) is 18.2 Å². The van der Waals surface area contributed by atoms with Gasteiger partial charge in [-0.05, 0) is 31.2 Å². The highest BCUT2D eigenvalue weighted by Gasteiger charge is 2.20. The molecule has 9 heteroatoms. The number of rotatable bonds is 8. The Morgan fingerprint density at radius 1 is 1.16 bits per heavy atom. The summed E-state index contributed by atoms with van der Waals surface area (Å²) < 4.78 is 10.3. The number of nitrogens with zero attached hydrogens (tertiary/aromatic N) is 2. The molecular weight excluding hydrogens is 400 g/mol. The van der Waals surface area contributed by atoms with Crippen molar-refractivity contribution in [2.45, 2.75) is 13.0 Å². The maximum atomic E-state index is 12.1. The van der Waals surface area contributed by atoms with Crippen LogP contribution in [0.3, 0.4) is 0 Å². The third-order valence-electron chi connectivity index (χ3n) is 4.22. The topological polar surface area (TPSA) is 137 Å². The molecule has 31 heavy (non-hydrogen) atoms. The largest absolute Gasteiger partial charge is 0.507 e. The summed E-state index contributed by atoms with van der Waals surface area (Å²) in [4.78, 5) is 31.2. The third-order valence-corrected chi connectivity index (χ3v) is 4.22. The van der Waals surface area contributed by atoms with Crippen LogP contribution in [0.2, 0.25) is 0 Å². The number of amides is 1. The van der Waals surface area contributed by atoms with Crippen LogP contribution < -0.4 is 10.1 Å². The molecule has 0 fully saturated rings. The molecule has 0 unspecified atom stereocenters. The number of para-hydroxylation sites is 3. The number of hydrogen-bond donors (Lipinski definition) is 3. The molecular formula is C22H20N4O5. The minimum atomic E-state index is -0.976. The Kier molecular flexibility index (Phi) is 6.85. The van der Waals surface area contributed by atoms with Crippen LogP contribution in [-0.2, 0) is 14.3 Å². The molecule has 0 bridgehead atoms. The summed E-state index contributed by atoms with van der Waals surface area (Å²) in [5.74, 6) is -1.05. The summed E-state index contributed by atoms with van der Waals surface area (Å²) >= 11 is 0. The quantitative estimate of drug-likeness (QED) is 0.289. The number of nitriles is 1. The van der Waals surface area contributed by atoms with Crippen molar-refractivity contribution in [3.05, 3.63) is 66.2 Å². The van der Waals surface area contributed by atoms with Gasteiger partial charge in [0.2, 0.25) is 0 Å². The van der Waals surface area contributed by atoms with Gasteiger partial charge in [-0.3, -0.25) is 4.79 Å². The average molecular weight is 420 g/mol. The lowest BCUT2D eigenvalue weighted by Gasteiger charge is -2.14. The number of aliphatic hydroxyl groups excluding tert-OH is 1. The minimum Gasteiger partial charge on any atom is -0.507 e. The van der Waals surface area contributed by atoms with Gasteiger partial charge in [0.15, 0.2) is 18.2 Å². The maximum absolute atomic E-state index is 12.1. The van der Waals surface area contributed by atoms with E-state index in [0.29, 0.717) is 16.8 Å². The Hall–Kier alpha value is -4.32. The molecule has 2 aromatic carbocycles. The maximum Gasteiger partial charge on any atom is 0.328 e. The van der Waals surface area contributed by atoms with Gasteiger partial charge in [0, 0.05) is 0 Å². The third kappa shape index (κ3) is 5.61. The number of ether oxygens (including phenoxy) is 2. The molecule has 158 valence electrons. The Balaban J connectivity index is 1.54. The molecule has 1 aromatic heterocycles. The second kappa shape index (κ2) is 9.93. The van der Waals surface area contributed by atoms with Crippen LogP contribution in [-0.4, -0.2) is 46.2 Å². The van der Waals surface area contributed by atoms with Crippen molar-refractivity contribution in [2.24, 2.45) is 0 Å². The summed E-state index contributed by atoms with van der Waals surface area (Å²) in [6.45, 7) is 0.630. The summed E-state index contributed by atoms with van der Waals surface area (Å²) in [5.41, 5.74) is 1.19. The van der Waals surface area contributed by atoms with E-state index in [2.05, 4.69) is 15.3 Å². The Bertz CT molecular complexity index is 1110. The van der Waals surface area contributed by atoms with E-state index in [0.717, 1.165) is 0 Å². The van der Waals surface area contributed by atoms with E-state index in [1.165, 1.54) is 6.92 Å². The Morgan fingerprint density at radius 2 is 1.87 bits per heavy atom. The van der Waals surface area contributed by atoms with Gasteiger partial charge in [-0.1, -0.05) is 30.3 Å². The van der Waals surface area contributed by atoms with Gasteiger partial charge in [0.05, 0.1) is 11.0 Å². The molecule has 0 aliphatic heterocycles. The lowest BCUT2D eigenvalue weighted by molar-refractivity contribution is -0.147. The number of aliphatic hydroxyl groups is 1. The number of carbonyl (C=O) groups excluding carboxylic acids is 2. The van der Waals surface area contributed by atoms with E-state index in [1.54, 1.807) is 42.5 Å². The first-order valence-electron chi connectivity index (χ1n) is 9.39. The second-order valence-electron chi connectivity index (χ2n) is 6.53. The van der Waals surface area contributed by atoms with Crippen LogP contribution in [0.25, 0.3) is 16.6 Å². The molecule has 3 N–H and O–H groups in total. The molecule has 9 nitrogen and oxygen atoms in total. The smallest absolute Gasteiger partial charge is 0.328 e. The predicted octanol–water partition coefficient (Wildman–Crippen LogP) is 2.48. The lowest BCUT2D eigenvalue weighted by atomic mass is 10.2. The van der Waals surface area contributed by atoms with Gasteiger partial charge in [0.25, 0.3) is 5.91 Å². The first-order chi connectivity index (χ1) is 15.0. The predicted molar refractivity (Wildman–Crippen MR) is 112 cm³/mol. The molecule has 0 saturated carbocycles. The zero-order valence-corrected chi connectivity index (χ0v) is 16.7. The first-order valence-corrected chi connectivity index (χ1v) is 9.39. The normalized spacial score (nSPS) is 12.4. The van der Waals surface area contributed by atoms with Crippen LogP contribution in [0.5, 0.6) is 5.75 Å². The van der Waals surface area contributed by atoms with E-state index in [9.17, 15) is 20.0 Å². The summed E-state index contributed by atoms with van der Waals surface area (Å²) in [6.07, 6.45) is 0. The van der Waals surface area contributed by atoms with Gasteiger partial charge in [0.1, 0.15) is 30.0 Å². The van der Waals surface area contributed by atoms with E-state index in [4.69, 9.17) is 9.47 Å². The van der Waals surface area contributed by atoms with E-state index >= 15 is 0 Å². The monoisotopic (exact) mass is 420 g/mol. The summed E-state index contributed by atoms with van der Waals surface area (Å²) in [7, 11) is 0. The van der Waals surface area contributed by atoms with Crippen LogP contribution in [0.4, 0.5) is 0 Å². The van der Waals surface area contributed by atoms with Gasteiger partial charge < -0.3 is 24.9 Å². The molecule has 3 rings (SSSR count). The number of aromatic amines is 1. The average Bonchev–Trinajstić information content (AvgIpc) is 3.21. The number of esters is 1. The lowest BCUT2D eigenvalue weighted by Crippen LogP contribution is -2.42. The molecule has 1 heterocycles. The van der Waals surface area contributed by atoms with Gasteiger partial charge in [-0.25, -0.2) is 9.78 Å². The Labute approximate surface area is 177 Å².